The topological polar surface area (TPSA) is 81.5 Å². The molecule has 7 heteroatoms. The largest absolute Gasteiger partial charge is 0.451 e. The van der Waals surface area contributed by atoms with Crippen molar-refractivity contribution in [3.8, 4) is 0 Å². The lowest BCUT2D eigenvalue weighted by atomic mass is 10.0. The van der Waals surface area contributed by atoms with Crippen molar-refractivity contribution in [2.45, 2.75) is 52.1 Å². The number of amides is 1. The monoisotopic (exact) mass is 371 g/mol. The van der Waals surface area contributed by atoms with Gasteiger partial charge in [-0.15, -0.1) is 0 Å². The Morgan fingerprint density at radius 1 is 1.22 bits per heavy atom. The van der Waals surface area contributed by atoms with Crippen molar-refractivity contribution < 1.29 is 14.3 Å². The van der Waals surface area contributed by atoms with Gasteiger partial charge in [0.05, 0.1) is 11.4 Å². The molecule has 1 atom stereocenters. The van der Waals surface area contributed by atoms with E-state index in [2.05, 4.69) is 5.10 Å². The first-order valence-electron chi connectivity index (χ1n) is 9.38. The van der Waals surface area contributed by atoms with Crippen LogP contribution in [0.5, 0.6) is 0 Å². The molecule has 0 spiro atoms. The summed E-state index contributed by atoms with van der Waals surface area (Å²) in [6.45, 7) is 6.02. The predicted molar refractivity (Wildman–Crippen MR) is 102 cm³/mol. The van der Waals surface area contributed by atoms with Crippen LogP contribution in [0.25, 0.3) is 10.8 Å². The highest BCUT2D eigenvalue weighted by Crippen LogP contribution is 2.18. The molecular formula is C20H25N3O4. The van der Waals surface area contributed by atoms with Gasteiger partial charge < -0.3 is 9.64 Å². The molecular weight excluding hydrogens is 346 g/mol. The maximum atomic E-state index is 12.6. The number of aromatic nitrogens is 2. The summed E-state index contributed by atoms with van der Waals surface area (Å²) in [5, 5.41) is 5.05. The highest BCUT2D eigenvalue weighted by molar-refractivity contribution is 6.02. The first kappa shape index (κ1) is 19.1. The fourth-order valence-corrected chi connectivity index (χ4v) is 3.45. The second-order valence-electron chi connectivity index (χ2n) is 7.25. The SMILES string of the molecule is CC(C)n1nc(C(=O)OCC(=O)N2CCCC[C@@H]2C)c2ccccc2c1=O. The smallest absolute Gasteiger partial charge is 0.359 e. The number of hydrogen-bond donors (Lipinski definition) is 0. The molecule has 7 nitrogen and oxygen atoms in total. The van der Waals surface area contributed by atoms with Gasteiger partial charge in [-0.05, 0) is 46.1 Å². The van der Waals surface area contributed by atoms with Gasteiger partial charge in [0.1, 0.15) is 0 Å². The zero-order valence-corrected chi connectivity index (χ0v) is 16.0. The van der Waals surface area contributed by atoms with E-state index < -0.39 is 5.97 Å². The molecule has 144 valence electrons. The number of carbonyl (C=O) groups is 2. The van der Waals surface area contributed by atoms with Crippen LogP contribution in [0.3, 0.4) is 0 Å². The molecule has 0 saturated carbocycles. The Hall–Kier alpha value is -2.70. The molecule has 0 unspecified atom stereocenters. The zero-order valence-electron chi connectivity index (χ0n) is 16.0. The summed E-state index contributed by atoms with van der Waals surface area (Å²) < 4.78 is 6.54. The number of carbonyl (C=O) groups excluding carboxylic acids is 2. The molecule has 1 aromatic carbocycles. The van der Waals surface area contributed by atoms with Crippen molar-refractivity contribution in [3.05, 3.63) is 40.3 Å². The summed E-state index contributed by atoms with van der Waals surface area (Å²) in [6.07, 6.45) is 3.04. The predicted octanol–water partition coefficient (Wildman–Crippen LogP) is 2.54. The van der Waals surface area contributed by atoms with Gasteiger partial charge in [0.25, 0.3) is 11.5 Å². The lowest BCUT2D eigenvalue weighted by Gasteiger charge is -2.33. The van der Waals surface area contributed by atoms with Crippen LogP contribution >= 0.6 is 0 Å². The highest BCUT2D eigenvalue weighted by atomic mass is 16.5. The molecule has 1 fully saturated rings. The number of esters is 1. The Labute approximate surface area is 157 Å². The van der Waals surface area contributed by atoms with E-state index in [4.69, 9.17) is 4.74 Å². The number of rotatable bonds is 4. The van der Waals surface area contributed by atoms with Gasteiger partial charge in [-0.1, -0.05) is 18.2 Å². The van der Waals surface area contributed by atoms with Crippen LogP contribution in [0.1, 0.15) is 56.6 Å². The molecule has 27 heavy (non-hydrogen) atoms. The third kappa shape index (κ3) is 3.86. The van der Waals surface area contributed by atoms with Gasteiger partial charge in [0, 0.05) is 18.0 Å². The van der Waals surface area contributed by atoms with Crippen LogP contribution in [0.15, 0.2) is 29.1 Å². The number of fused-ring (bicyclic) bond motifs is 1. The van der Waals surface area contributed by atoms with Gasteiger partial charge in [-0.25, -0.2) is 9.48 Å². The van der Waals surface area contributed by atoms with E-state index in [1.165, 1.54) is 4.68 Å². The average molecular weight is 371 g/mol. The molecule has 3 rings (SSSR count). The van der Waals surface area contributed by atoms with Crippen LogP contribution in [0.2, 0.25) is 0 Å². The fraction of sp³-hybridized carbons (Fsp3) is 0.500. The normalized spacial score (nSPS) is 17.3. The standard InChI is InChI=1S/C20H25N3O4/c1-13(2)23-19(25)16-10-5-4-9-15(16)18(21-23)20(26)27-12-17(24)22-11-7-6-8-14(22)3/h4-5,9-10,13-14H,6-8,11-12H2,1-3H3/t14-/m0/s1. The summed E-state index contributed by atoms with van der Waals surface area (Å²) in [4.78, 5) is 39.4. The Balaban J connectivity index is 1.84. The Bertz CT molecular complexity index is 919. The van der Waals surface area contributed by atoms with Crippen LogP contribution in [0, 0.1) is 0 Å². The summed E-state index contributed by atoms with van der Waals surface area (Å²) in [7, 11) is 0. The van der Waals surface area contributed by atoms with E-state index in [9.17, 15) is 14.4 Å². The highest BCUT2D eigenvalue weighted by Gasteiger charge is 2.25. The van der Waals surface area contributed by atoms with Crippen molar-refractivity contribution in [2.24, 2.45) is 0 Å². The third-order valence-corrected chi connectivity index (χ3v) is 4.96. The quantitative estimate of drug-likeness (QED) is 0.772. The minimum absolute atomic E-state index is 0.0541. The van der Waals surface area contributed by atoms with Gasteiger partial charge in [-0.2, -0.15) is 5.10 Å². The number of likely N-dealkylation sites (tertiary alicyclic amines) is 1. The summed E-state index contributed by atoms with van der Waals surface area (Å²) in [6, 6.07) is 6.76. The van der Waals surface area contributed by atoms with Gasteiger partial charge >= 0.3 is 5.97 Å². The minimum atomic E-state index is -0.696. The molecule has 2 heterocycles. The maximum Gasteiger partial charge on any atom is 0.359 e. The Morgan fingerprint density at radius 3 is 2.59 bits per heavy atom. The molecule has 0 N–H and O–H groups in total. The second kappa shape index (κ2) is 7.90. The molecule has 2 aromatic rings. The number of hydrogen-bond acceptors (Lipinski definition) is 5. The van der Waals surface area contributed by atoms with Crippen molar-refractivity contribution in [1.29, 1.82) is 0 Å². The van der Waals surface area contributed by atoms with Crippen LogP contribution < -0.4 is 5.56 Å². The maximum absolute atomic E-state index is 12.6. The van der Waals surface area contributed by atoms with Crippen molar-refractivity contribution in [1.82, 2.24) is 14.7 Å². The van der Waals surface area contributed by atoms with E-state index in [0.717, 1.165) is 19.3 Å². The van der Waals surface area contributed by atoms with E-state index >= 15 is 0 Å². The average Bonchev–Trinajstić information content (AvgIpc) is 2.66. The van der Waals surface area contributed by atoms with Gasteiger partial charge in [0.2, 0.25) is 0 Å². The lowest BCUT2D eigenvalue weighted by Crippen LogP contribution is -2.44. The van der Waals surface area contributed by atoms with Crippen molar-refractivity contribution in [3.63, 3.8) is 0 Å². The number of nitrogens with zero attached hydrogens (tertiary/aromatic N) is 3. The Morgan fingerprint density at radius 2 is 1.93 bits per heavy atom. The van der Waals surface area contributed by atoms with E-state index in [0.29, 0.717) is 17.3 Å². The number of benzene rings is 1. The molecule has 1 aliphatic heterocycles. The van der Waals surface area contributed by atoms with E-state index in [-0.39, 0.29) is 35.9 Å². The van der Waals surface area contributed by atoms with E-state index in [1.807, 2.05) is 20.8 Å². The molecule has 1 aliphatic rings. The van der Waals surface area contributed by atoms with Gasteiger partial charge in [0.15, 0.2) is 12.3 Å². The van der Waals surface area contributed by atoms with Crippen LogP contribution in [0.4, 0.5) is 0 Å². The molecule has 0 bridgehead atoms. The molecule has 1 aromatic heterocycles. The number of ether oxygens (including phenoxy) is 1. The lowest BCUT2D eigenvalue weighted by molar-refractivity contribution is -0.137. The summed E-state index contributed by atoms with van der Waals surface area (Å²) in [5.41, 5.74) is -0.200. The first-order chi connectivity index (χ1) is 12.9. The molecule has 0 aliphatic carbocycles. The minimum Gasteiger partial charge on any atom is -0.451 e. The third-order valence-electron chi connectivity index (χ3n) is 4.96. The molecule has 0 radical (unpaired) electrons. The van der Waals surface area contributed by atoms with Crippen LogP contribution in [-0.2, 0) is 9.53 Å². The van der Waals surface area contributed by atoms with Crippen molar-refractivity contribution >= 4 is 22.6 Å². The van der Waals surface area contributed by atoms with Crippen molar-refractivity contribution in [2.75, 3.05) is 13.2 Å². The number of piperidine rings is 1. The summed E-state index contributed by atoms with van der Waals surface area (Å²) >= 11 is 0. The summed E-state index contributed by atoms with van der Waals surface area (Å²) in [5.74, 6) is -0.893. The fourth-order valence-electron chi connectivity index (χ4n) is 3.45. The van der Waals surface area contributed by atoms with E-state index in [1.54, 1.807) is 29.2 Å². The van der Waals surface area contributed by atoms with Gasteiger partial charge in [-0.3, -0.25) is 9.59 Å². The first-order valence-corrected chi connectivity index (χ1v) is 9.38. The zero-order chi connectivity index (χ0) is 19.6. The molecule has 1 saturated heterocycles. The molecule has 1 amide bonds. The Kier molecular flexibility index (Phi) is 5.58. The second-order valence-corrected chi connectivity index (χ2v) is 7.25. The van der Waals surface area contributed by atoms with Crippen LogP contribution in [-0.4, -0.2) is 45.8 Å².